The molecule has 37 heavy (non-hydrogen) atoms. The van der Waals surface area contributed by atoms with Crippen LogP contribution < -0.4 is 10.6 Å². The van der Waals surface area contributed by atoms with E-state index in [1.54, 1.807) is 36.4 Å². The average molecular weight is 500 g/mol. The van der Waals surface area contributed by atoms with E-state index in [4.69, 9.17) is 4.74 Å². The number of ether oxygens (including phenoxy) is 1. The predicted octanol–water partition coefficient (Wildman–Crippen LogP) is 5.39. The van der Waals surface area contributed by atoms with E-state index in [0.717, 1.165) is 16.7 Å². The summed E-state index contributed by atoms with van der Waals surface area (Å²) in [6, 6.07) is 21.4. The standard InChI is InChI=1S/C30H33N3O4/c1-19(2)17-31-29(35)26-27(37-30(36)33(26)18-22-12-8-20(3)9-13-22)24-6-5-7-25(16-24)32-28(34)23-14-10-21(4)11-15-23/h5-16,19,26-27H,17-18H2,1-4H3,(H,31,35)(H,32,34). The molecule has 2 N–H and O–H groups in total. The van der Waals surface area contributed by atoms with Crippen LogP contribution in [0.3, 0.4) is 0 Å². The van der Waals surface area contributed by atoms with E-state index in [0.29, 0.717) is 23.4 Å². The third kappa shape index (κ3) is 6.36. The molecule has 1 saturated heterocycles. The second-order valence-corrected chi connectivity index (χ2v) is 9.95. The molecule has 0 saturated carbocycles. The molecule has 1 fully saturated rings. The minimum atomic E-state index is -0.851. The number of hydrogen-bond acceptors (Lipinski definition) is 4. The summed E-state index contributed by atoms with van der Waals surface area (Å²) in [4.78, 5) is 40.6. The summed E-state index contributed by atoms with van der Waals surface area (Å²) in [6.07, 6.45) is -1.37. The number of benzene rings is 3. The predicted molar refractivity (Wildman–Crippen MR) is 143 cm³/mol. The number of aryl methyl sites for hydroxylation is 2. The molecule has 0 radical (unpaired) electrons. The fraction of sp³-hybridized carbons (Fsp3) is 0.300. The van der Waals surface area contributed by atoms with Gasteiger partial charge in [0.1, 0.15) is 0 Å². The van der Waals surface area contributed by atoms with Crippen molar-refractivity contribution in [1.29, 1.82) is 0 Å². The van der Waals surface area contributed by atoms with Crippen LogP contribution in [0.2, 0.25) is 0 Å². The number of nitrogens with zero attached hydrogens (tertiary/aromatic N) is 1. The highest BCUT2D eigenvalue weighted by molar-refractivity contribution is 6.04. The Morgan fingerprint density at radius 2 is 1.59 bits per heavy atom. The first-order valence-corrected chi connectivity index (χ1v) is 12.5. The van der Waals surface area contributed by atoms with E-state index in [2.05, 4.69) is 10.6 Å². The van der Waals surface area contributed by atoms with Gasteiger partial charge in [0.25, 0.3) is 5.91 Å². The SMILES string of the molecule is Cc1ccc(CN2C(=O)OC(c3cccc(NC(=O)c4ccc(C)cc4)c3)C2C(=O)NCC(C)C)cc1. The molecule has 4 rings (SSSR count). The Hall–Kier alpha value is -4.13. The van der Waals surface area contributed by atoms with Crippen molar-refractivity contribution in [2.45, 2.75) is 46.4 Å². The Morgan fingerprint density at radius 3 is 2.24 bits per heavy atom. The van der Waals surface area contributed by atoms with Crippen LogP contribution >= 0.6 is 0 Å². The highest BCUT2D eigenvalue weighted by Crippen LogP contribution is 2.35. The topological polar surface area (TPSA) is 87.7 Å². The van der Waals surface area contributed by atoms with E-state index in [1.807, 2.05) is 64.1 Å². The van der Waals surface area contributed by atoms with Gasteiger partial charge in [-0.15, -0.1) is 0 Å². The van der Waals surface area contributed by atoms with Gasteiger partial charge in [-0.05, 0) is 55.2 Å². The van der Waals surface area contributed by atoms with Crippen molar-refractivity contribution in [1.82, 2.24) is 10.2 Å². The van der Waals surface area contributed by atoms with Crippen molar-refractivity contribution in [3.05, 3.63) is 101 Å². The summed E-state index contributed by atoms with van der Waals surface area (Å²) < 4.78 is 5.77. The first-order chi connectivity index (χ1) is 17.7. The number of nitrogens with one attached hydrogen (secondary N) is 2. The van der Waals surface area contributed by atoms with Gasteiger partial charge in [-0.2, -0.15) is 0 Å². The summed E-state index contributed by atoms with van der Waals surface area (Å²) in [5.41, 5.74) is 4.81. The van der Waals surface area contributed by atoms with Crippen molar-refractivity contribution in [3.8, 4) is 0 Å². The summed E-state index contributed by atoms with van der Waals surface area (Å²) >= 11 is 0. The van der Waals surface area contributed by atoms with Crippen LogP contribution in [-0.4, -0.2) is 35.4 Å². The number of amides is 3. The van der Waals surface area contributed by atoms with Crippen LogP contribution in [0.1, 0.15) is 52.6 Å². The minimum Gasteiger partial charge on any atom is -0.438 e. The Balaban J connectivity index is 1.59. The van der Waals surface area contributed by atoms with E-state index in [9.17, 15) is 14.4 Å². The van der Waals surface area contributed by atoms with Crippen LogP contribution in [-0.2, 0) is 16.1 Å². The van der Waals surface area contributed by atoms with Crippen LogP contribution in [0.25, 0.3) is 0 Å². The maximum atomic E-state index is 13.4. The van der Waals surface area contributed by atoms with Crippen LogP contribution in [0.5, 0.6) is 0 Å². The summed E-state index contributed by atoms with van der Waals surface area (Å²) in [5.74, 6) is -0.259. The molecule has 7 heteroatoms. The third-order valence-electron chi connectivity index (χ3n) is 6.30. The number of cyclic esters (lactones) is 1. The zero-order valence-electron chi connectivity index (χ0n) is 21.7. The van der Waals surface area contributed by atoms with Gasteiger partial charge in [0, 0.05) is 17.8 Å². The van der Waals surface area contributed by atoms with Gasteiger partial charge in [0.05, 0.1) is 6.54 Å². The number of carbonyl (C=O) groups is 3. The molecule has 3 aromatic rings. The second kappa shape index (κ2) is 11.3. The Kier molecular flexibility index (Phi) is 7.92. The van der Waals surface area contributed by atoms with E-state index in [-0.39, 0.29) is 24.3 Å². The van der Waals surface area contributed by atoms with Crippen LogP contribution in [0.4, 0.5) is 10.5 Å². The lowest BCUT2D eigenvalue weighted by atomic mass is 9.99. The van der Waals surface area contributed by atoms with Crippen molar-refractivity contribution in [2.75, 3.05) is 11.9 Å². The number of carbonyl (C=O) groups excluding carboxylic acids is 3. The maximum Gasteiger partial charge on any atom is 0.411 e. The summed E-state index contributed by atoms with van der Waals surface area (Å²) in [7, 11) is 0. The molecule has 0 aliphatic carbocycles. The number of rotatable bonds is 8. The molecule has 7 nitrogen and oxygen atoms in total. The lowest BCUT2D eigenvalue weighted by Crippen LogP contribution is -2.47. The summed E-state index contributed by atoms with van der Waals surface area (Å²) in [5, 5.41) is 5.86. The minimum absolute atomic E-state index is 0.243. The molecule has 0 bridgehead atoms. The van der Waals surface area contributed by atoms with Gasteiger partial charge >= 0.3 is 6.09 Å². The lowest BCUT2D eigenvalue weighted by molar-refractivity contribution is -0.126. The highest BCUT2D eigenvalue weighted by Gasteiger charge is 2.47. The molecule has 3 aromatic carbocycles. The van der Waals surface area contributed by atoms with Gasteiger partial charge < -0.3 is 15.4 Å². The largest absolute Gasteiger partial charge is 0.438 e. The fourth-order valence-corrected chi connectivity index (χ4v) is 4.21. The second-order valence-electron chi connectivity index (χ2n) is 9.95. The smallest absolute Gasteiger partial charge is 0.411 e. The molecule has 2 unspecified atom stereocenters. The van der Waals surface area contributed by atoms with Crippen molar-refractivity contribution < 1.29 is 19.1 Å². The monoisotopic (exact) mass is 499 g/mol. The highest BCUT2D eigenvalue weighted by atomic mass is 16.6. The average Bonchev–Trinajstić information content (AvgIpc) is 3.20. The molecule has 1 aliphatic rings. The fourth-order valence-electron chi connectivity index (χ4n) is 4.21. The summed E-state index contributed by atoms with van der Waals surface area (Å²) in [6.45, 7) is 8.72. The number of hydrogen-bond donors (Lipinski definition) is 2. The molecule has 0 aromatic heterocycles. The van der Waals surface area contributed by atoms with Crippen molar-refractivity contribution in [2.24, 2.45) is 5.92 Å². The van der Waals surface area contributed by atoms with Crippen molar-refractivity contribution in [3.63, 3.8) is 0 Å². The molecule has 0 spiro atoms. The first-order valence-electron chi connectivity index (χ1n) is 12.5. The van der Waals surface area contributed by atoms with Crippen LogP contribution in [0, 0.1) is 19.8 Å². The zero-order chi connectivity index (χ0) is 26.5. The van der Waals surface area contributed by atoms with Gasteiger partial charge in [-0.3, -0.25) is 14.5 Å². The molecular formula is C30H33N3O4. The quantitative estimate of drug-likeness (QED) is 0.435. The van der Waals surface area contributed by atoms with E-state index >= 15 is 0 Å². The van der Waals surface area contributed by atoms with E-state index < -0.39 is 18.2 Å². The maximum absolute atomic E-state index is 13.4. The van der Waals surface area contributed by atoms with Crippen molar-refractivity contribution >= 4 is 23.6 Å². The van der Waals surface area contributed by atoms with Crippen LogP contribution in [0.15, 0.2) is 72.8 Å². The first kappa shape index (κ1) is 25.9. The molecule has 1 heterocycles. The molecule has 1 aliphatic heterocycles. The molecule has 3 amide bonds. The van der Waals surface area contributed by atoms with E-state index in [1.165, 1.54) is 4.90 Å². The molecular weight excluding hydrogens is 466 g/mol. The van der Waals surface area contributed by atoms with Gasteiger partial charge in [-0.1, -0.05) is 73.5 Å². The normalized spacial score (nSPS) is 17.0. The molecule has 2 atom stereocenters. The van der Waals surface area contributed by atoms with Gasteiger partial charge in [0.2, 0.25) is 5.91 Å². The molecule has 192 valence electrons. The van der Waals surface area contributed by atoms with Gasteiger partial charge in [0.15, 0.2) is 12.1 Å². The Morgan fingerprint density at radius 1 is 0.946 bits per heavy atom. The Bertz CT molecular complexity index is 1270. The third-order valence-corrected chi connectivity index (χ3v) is 6.30. The number of anilines is 1. The lowest BCUT2D eigenvalue weighted by Gasteiger charge is -2.25. The Labute approximate surface area is 217 Å². The van der Waals surface area contributed by atoms with Gasteiger partial charge in [-0.25, -0.2) is 4.79 Å². The zero-order valence-corrected chi connectivity index (χ0v) is 21.7.